The van der Waals surface area contributed by atoms with Gasteiger partial charge in [0.1, 0.15) is 17.6 Å². The van der Waals surface area contributed by atoms with E-state index in [1.54, 1.807) is 12.1 Å². The summed E-state index contributed by atoms with van der Waals surface area (Å²) >= 11 is 5.94. The molecule has 0 aliphatic rings. The molecule has 18 heavy (non-hydrogen) atoms. The first-order chi connectivity index (χ1) is 8.76. The molecule has 0 atom stereocenters. The second kappa shape index (κ2) is 4.42. The molecule has 0 saturated carbocycles. The van der Waals surface area contributed by atoms with Crippen molar-refractivity contribution in [2.24, 2.45) is 0 Å². The summed E-state index contributed by atoms with van der Waals surface area (Å²) in [6.45, 7) is 3.01. The van der Waals surface area contributed by atoms with E-state index in [0.717, 1.165) is 23.2 Å². The molecule has 0 aliphatic carbocycles. The summed E-state index contributed by atoms with van der Waals surface area (Å²) in [7, 11) is 0. The lowest BCUT2D eigenvalue weighted by molar-refractivity contribution is -0.693. The Balaban J connectivity index is 2.13. The number of nitrogens with zero attached hydrogens (tertiary/aromatic N) is 2. The highest BCUT2D eigenvalue weighted by atomic mass is 35.5. The highest BCUT2D eigenvalue weighted by molar-refractivity contribution is 6.31. The van der Waals surface area contributed by atoms with E-state index >= 15 is 0 Å². The molecule has 90 valence electrons. The number of halogens is 1. The summed E-state index contributed by atoms with van der Waals surface area (Å²) in [5, 5.41) is 0.666. The van der Waals surface area contributed by atoms with E-state index in [9.17, 15) is 0 Å². The highest BCUT2D eigenvalue weighted by Crippen LogP contribution is 2.25. The van der Waals surface area contributed by atoms with Crippen LogP contribution in [0.15, 0.2) is 47.1 Å². The van der Waals surface area contributed by atoms with Crippen molar-refractivity contribution in [2.45, 2.75) is 13.5 Å². The molecule has 0 bridgehead atoms. The molecule has 0 radical (unpaired) electrons. The first kappa shape index (κ1) is 11.2. The third kappa shape index (κ3) is 1.97. The van der Waals surface area contributed by atoms with Gasteiger partial charge < -0.3 is 4.42 Å². The van der Waals surface area contributed by atoms with Crippen LogP contribution in [0.2, 0.25) is 5.02 Å². The van der Waals surface area contributed by atoms with Gasteiger partial charge in [0.25, 0.3) is 0 Å². The molecule has 4 heteroatoms. The lowest BCUT2D eigenvalue weighted by Crippen LogP contribution is -2.30. The average Bonchev–Trinajstić information content (AvgIpc) is 2.81. The maximum absolute atomic E-state index is 5.94. The van der Waals surface area contributed by atoms with Crippen LogP contribution >= 0.6 is 11.6 Å². The van der Waals surface area contributed by atoms with E-state index < -0.39 is 0 Å². The monoisotopic (exact) mass is 259 g/mol. The van der Waals surface area contributed by atoms with E-state index in [2.05, 4.69) is 16.5 Å². The minimum absolute atomic E-state index is 0.620. The molecule has 2 heterocycles. The molecule has 1 aromatic carbocycles. The van der Waals surface area contributed by atoms with Crippen LogP contribution in [0.5, 0.6) is 0 Å². The van der Waals surface area contributed by atoms with Crippen LogP contribution in [0.25, 0.3) is 22.6 Å². The molecule has 0 spiro atoms. The zero-order valence-corrected chi connectivity index (χ0v) is 10.7. The second-order valence-corrected chi connectivity index (χ2v) is 4.49. The standard InChI is InChI=1S/C14H12ClN2O/c1-2-17-7-3-4-10(9-17)14-16-12-8-11(15)5-6-13(12)18-14/h3-9H,2H2,1H3/q+1. The summed E-state index contributed by atoms with van der Waals surface area (Å²) in [4.78, 5) is 4.45. The Hall–Kier alpha value is -1.87. The van der Waals surface area contributed by atoms with Crippen molar-refractivity contribution in [3.8, 4) is 11.5 Å². The molecule has 2 aromatic heterocycles. The Morgan fingerprint density at radius 1 is 1.33 bits per heavy atom. The molecule has 0 saturated heterocycles. The van der Waals surface area contributed by atoms with Crippen molar-refractivity contribution in [3.63, 3.8) is 0 Å². The number of aromatic nitrogens is 2. The molecular weight excluding hydrogens is 248 g/mol. The number of benzene rings is 1. The Bertz CT molecular complexity index is 706. The fraction of sp³-hybridized carbons (Fsp3) is 0.143. The van der Waals surface area contributed by atoms with Gasteiger partial charge in [0.05, 0.1) is 0 Å². The average molecular weight is 260 g/mol. The zero-order valence-electron chi connectivity index (χ0n) is 9.93. The van der Waals surface area contributed by atoms with Crippen molar-refractivity contribution in [1.82, 2.24) is 4.98 Å². The number of hydrogen-bond acceptors (Lipinski definition) is 2. The van der Waals surface area contributed by atoms with Crippen molar-refractivity contribution in [3.05, 3.63) is 47.7 Å². The highest BCUT2D eigenvalue weighted by Gasteiger charge is 2.11. The summed E-state index contributed by atoms with van der Waals surface area (Å²) in [6, 6.07) is 9.42. The second-order valence-electron chi connectivity index (χ2n) is 4.05. The van der Waals surface area contributed by atoms with E-state index in [-0.39, 0.29) is 0 Å². The van der Waals surface area contributed by atoms with E-state index in [1.165, 1.54) is 0 Å². The van der Waals surface area contributed by atoms with E-state index in [0.29, 0.717) is 10.9 Å². The minimum Gasteiger partial charge on any atom is -0.436 e. The molecule has 3 rings (SSSR count). The fourth-order valence-corrected chi connectivity index (χ4v) is 2.04. The van der Waals surface area contributed by atoms with Crippen LogP contribution in [-0.4, -0.2) is 4.98 Å². The van der Waals surface area contributed by atoms with Gasteiger partial charge in [-0.25, -0.2) is 9.55 Å². The topological polar surface area (TPSA) is 29.9 Å². The number of pyridine rings is 1. The predicted molar refractivity (Wildman–Crippen MR) is 70.3 cm³/mol. The summed E-state index contributed by atoms with van der Waals surface area (Å²) < 4.78 is 7.81. The number of aryl methyl sites for hydroxylation is 1. The molecular formula is C14H12ClN2O+. The van der Waals surface area contributed by atoms with Crippen molar-refractivity contribution in [1.29, 1.82) is 0 Å². The quantitative estimate of drug-likeness (QED) is 0.660. The van der Waals surface area contributed by atoms with Gasteiger partial charge >= 0.3 is 0 Å². The number of fused-ring (bicyclic) bond motifs is 1. The van der Waals surface area contributed by atoms with Crippen LogP contribution in [0.4, 0.5) is 0 Å². The van der Waals surface area contributed by atoms with Gasteiger partial charge in [0.15, 0.2) is 18.0 Å². The Morgan fingerprint density at radius 2 is 2.22 bits per heavy atom. The van der Waals surface area contributed by atoms with Crippen molar-refractivity contribution in [2.75, 3.05) is 0 Å². The Labute approximate surface area is 110 Å². The maximum atomic E-state index is 5.94. The lowest BCUT2D eigenvalue weighted by Gasteiger charge is -1.94. The van der Waals surface area contributed by atoms with Crippen LogP contribution < -0.4 is 4.57 Å². The van der Waals surface area contributed by atoms with Crippen molar-refractivity contribution >= 4 is 22.7 Å². The molecule has 3 aromatic rings. The first-order valence-electron chi connectivity index (χ1n) is 5.82. The normalized spacial score (nSPS) is 11.0. The van der Waals surface area contributed by atoms with Gasteiger partial charge in [0.2, 0.25) is 5.89 Å². The largest absolute Gasteiger partial charge is 0.436 e. The summed E-state index contributed by atoms with van der Waals surface area (Å²) in [5.74, 6) is 0.620. The van der Waals surface area contributed by atoms with Gasteiger partial charge in [-0.2, -0.15) is 0 Å². The molecule has 0 fully saturated rings. The smallest absolute Gasteiger partial charge is 0.233 e. The number of hydrogen-bond donors (Lipinski definition) is 0. The van der Waals surface area contributed by atoms with Crippen LogP contribution in [-0.2, 0) is 6.54 Å². The van der Waals surface area contributed by atoms with Crippen LogP contribution in [0, 0.1) is 0 Å². The molecule has 3 nitrogen and oxygen atoms in total. The molecule has 0 N–H and O–H groups in total. The summed E-state index contributed by atoms with van der Waals surface area (Å²) in [5.41, 5.74) is 2.50. The maximum Gasteiger partial charge on any atom is 0.233 e. The van der Waals surface area contributed by atoms with Gasteiger partial charge in [0, 0.05) is 11.1 Å². The van der Waals surface area contributed by atoms with Gasteiger partial charge in [-0.05, 0) is 31.2 Å². The van der Waals surface area contributed by atoms with E-state index in [4.69, 9.17) is 16.0 Å². The SMILES string of the molecule is CC[n+]1cccc(-c2nc3cc(Cl)ccc3o2)c1. The van der Waals surface area contributed by atoms with Gasteiger partial charge in [-0.1, -0.05) is 11.6 Å². The van der Waals surface area contributed by atoms with Crippen molar-refractivity contribution < 1.29 is 8.98 Å². The molecule has 0 unspecified atom stereocenters. The molecule has 0 amide bonds. The summed E-state index contributed by atoms with van der Waals surface area (Å²) in [6.07, 6.45) is 4.04. The third-order valence-electron chi connectivity index (χ3n) is 2.82. The minimum atomic E-state index is 0.620. The zero-order chi connectivity index (χ0) is 12.5. The Kier molecular flexibility index (Phi) is 2.76. The molecule has 0 aliphatic heterocycles. The lowest BCUT2D eigenvalue weighted by atomic mass is 10.3. The number of oxazole rings is 1. The number of rotatable bonds is 2. The van der Waals surface area contributed by atoms with Crippen LogP contribution in [0.1, 0.15) is 6.92 Å². The van der Waals surface area contributed by atoms with Gasteiger partial charge in [-0.15, -0.1) is 0 Å². The van der Waals surface area contributed by atoms with E-state index in [1.807, 2.05) is 30.6 Å². The third-order valence-corrected chi connectivity index (χ3v) is 3.06. The van der Waals surface area contributed by atoms with Gasteiger partial charge in [-0.3, -0.25) is 0 Å². The van der Waals surface area contributed by atoms with Crippen LogP contribution in [0.3, 0.4) is 0 Å². The fourth-order valence-electron chi connectivity index (χ4n) is 1.87. The predicted octanol–water partition coefficient (Wildman–Crippen LogP) is 3.46. The Morgan fingerprint density at radius 3 is 3.06 bits per heavy atom. The first-order valence-corrected chi connectivity index (χ1v) is 6.19.